The lowest BCUT2D eigenvalue weighted by Gasteiger charge is -2.16. The summed E-state index contributed by atoms with van der Waals surface area (Å²) in [6, 6.07) is 18.4. The third kappa shape index (κ3) is 6.70. The summed E-state index contributed by atoms with van der Waals surface area (Å²) in [6.07, 6.45) is 0.928. The van der Waals surface area contributed by atoms with E-state index in [0.717, 1.165) is 23.6 Å². The van der Waals surface area contributed by atoms with Crippen LogP contribution in [0.1, 0.15) is 27.9 Å². The van der Waals surface area contributed by atoms with Crippen LogP contribution in [0.3, 0.4) is 0 Å². The molecule has 45 heavy (non-hydrogen) atoms. The maximum absolute atomic E-state index is 13.1. The molecule has 3 amide bonds. The fourth-order valence-corrected chi connectivity index (χ4v) is 6.90. The quantitative estimate of drug-likeness (QED) is 0.212. The molecule has 0 radical (unpaired) electrons. The third-order valence-electron chi connectivity index (χ3n) is 7.99. The van der Waals surface area contributed by atoms with Gasteiger partial charge in [-0.3, -0.25) is 13.9 Å². The van der Waals surface area contributed by atoms with Gasteiger partial charge in [0.2, 0.25) is 0 Å². The SMILES string of the molecule is O=C(NC[C@@H]1CCOC1)c1ccc(NC(=O)N2Cc3ccc(-c4ccc5cc(S(=O)(=O)O)cc(S(=O)(=O)O)c5c4)cc3C2)cc1. The van der Waals surface area contributed by atoms with Gasteiger partial charge < -0.3 is 20.3 Å². The Kier molecular flexibility index (Phi) is 8.09. The van der Waals surface area contributed by atoms with E-state index in [0.29, 0.717) is 67.2 Å². The molecule has 1 fully saturated rings. The number of carbonyl (C=O) groups excluding carboxylic acids is 2. The average molecular weight is 652 g/mol. The van der Waals surface area contributed by atoms with Crippen molar-refractivity contribution in [1.29, 1.82) is 0 Å². The number of urea groups is 1. The van der Waals surface area contributed by atoms with E-state index in [2.05, 4.69) is 10.6 Å². The molecular weight excluding hydrogens is 622 g/mol. The molecule has 0 bridgehead atoms. The van der Waals surface area contributed by atoms with Gasteiger partial charge in [0.1, 0.15) is 4.90 Å². The van der Waals surface area contributed by atoms with Crippen molar-refractivity contribution in [3.8, 4) is 11.1 Å². The predicted octanol–water partition coefficient (Wildman–Crippen LogP) is 4.31. The summed E-state index contributed by atoms with van der Waals surface area (Å²) in [7, 11) is -9.55. The van der Waals surface area contributed by atoms with Gasteiger partial charge >= 0.3 is 6.03 Å². The van der Waals surface area contributed by atoms with Crippen molar-refractivity contribution in [2.75, 3.05) is 25.1 Å². The van der Waals surface area contributed by atoms with Crippen molar-refractivity contribution < 1.29 is 40.3 Å². The van der Waals surface area contributed by atoms with Crippen LogP contribution in [-0.4, -0.2) is 62.5 Å². The van der Waals surface area contributed by atoms with Gasteiger partial charge in [-0.15, -0.1) is 0 Å². The maximum atomic E-state index is 13.1. The van der Waals surface area contributed by atoms with Gasteiger partial charge in [0.05, 0.1) is 11.5 Å². The van der Waals surface area contributed by atoms with E-state index in [1.807, 2.05) is 18.2 Å². The number of carbonyl (C=O) groups is 2. The summed E-state index contributed by atoms with van der Waals surface area (Å²) in [5, 5.41) is 6.05. The minimum atomic E-state index is -4.83. The van der Waals surface area contributed by atoms with Crippen LogP contribution in [-0.2, 0) is 38.1 Å². The van der Waals surface area contributed by atoms with Gasteiger partial charge in [0, 0.05) is 48.8 Å². The summed E-state index contributed by atoms with van der Waals surface area (Å²) in [5.41, 5.74) is 4.17. The van der Waals surface area contributed by atoms with E-state index < -0.39 is 30.0 Å². The van der Waals surface area contributed by atoms with Crippen molar-refractivity contribution in [1.82, 2.24) is 10.2 Å². The first-order valence-electron chi connectivity index (χ1n) is 14.0. The minimum Gasteiger partial charge on any atom is -0.381 e. The van der Waals surface area contributed by atoms with Crippen molar-refractivity contribution in [2.45, 2.75) is 29.3 Å². The van der Waals surface area contributed by atoms with Crippen LogP contribution in [0.25, 0.3) is 21.9 Å². The molecule has 4 aromatic carbocycles. The molecule has 12 nitrogen and oxygen atoms in total. The molecule has 0 aromatic heterocycles. The highest BCUT2D eigenvalue weighted by Gasteiger charge is 2.25. The van der Waals surface area contributed by atoms with Gasteiger partial charge in [-0.05, 0) is 82.6 Å². The first-order valence-corrected chi connectivity index (χ1v) is 16.9. The number of hydrogen-bond acceptors (Lipinski definition) is 7. The number of hydrogen-bond donors (Lipinski definition) is 4. The van der Waals surface area contributed by atoms with Crippen LogP contribution in [0.2, 0.25) is 0 Å². The third-order valence-corrected chi connectivity index (χ3v) is 9.71. The Morgan fingerprint density at radius 3 is 2.24 bits per heavy atom. The number of anilines is 1. The van der Waals surface area contributed by atoms with Crippen molar-refractivity contribution in [3.05, 3.63) is 89.5 Å². The van der Waals surface area contributed by atoms with Crippen LogP contribution in [0.4, 0.5) is 10.5 Å². The number of amides is 3. The smallest absolute Gasteiger partial charge is 0.322 e. The average Bonchev–Trinajstić information content (AvgIpc) is 3.68. The molecule has 0 unspecified atom stereocenters. The van der Waals surface area contributed by atoms with E-state index in [9.17, 15) is 35.5 Å². The van der Waals surface area contributed by atoms with Crippen LogP contribution in [0, 0.1) is 5.92 Å². The molecule has 1 saturated heterocycles. The fourth-order valence-electron chi connectivity index (χ4n) is 5.55. The molecule has 4 N–H and O–H groups in total. The second-order valence-electron chi connectivity index (χ2n) is 11.1. The number of ether oxygens (including phenoxy) is 1. The zero-order valence-electron chi connectivity index (χ0n) is 23.8. The Labute approximate surface area is 259 Å². The monoisotopic (exact) mass is 651 g/mol. The maximum Gasteiger partial charge on any atom is 0.322 e. The zero-order chi connectivity index (χ0) is 31.9. The van der Waals surface area contributed by atoms with Crippen LogP contribution < -0.4 is 10.6 Å². The summed E-state index contributed by atoms with van der Waals surface area (Å²) < 4.78 is 72.0. The molecule has 0 saturated carbocycles. The van der Waals surface area contributed by atoms with Crippen molar-refractivity contribution in [3.63, 3.8) is 0 Å². The van der Waals surface area contributed by atoms with E-state index in [-0.39, 0.29) is 22.7 Å². The minimum absolute atomic E-state index is 0.0795. The standard InChI is InChI=1S/C31H29N3O9S2/c35-30(32-15-19-9-10-43-18-19)20-5-7-26(8-6-20)33-31(36)34-16-24-4-2-21(11-25(24)17-34)22-1-3-23-12-27(44(37,38)39)14-29(28(23)13-22)45(40,41)42/h1-8,11-14,19H,9-10,15-18H2,(H,32,35)(H,33,36)(H,37,38,39)(H,40,41,42)/t19-/m0/s1. The highest BCUT2D eigenvalue weighted by Crippen LogP contribution is 2.34. The molecule has 0 spiro atoms. The summed E-state index contributed by atoms with van der Waals surface area (Å²) in [6.45, 7) is 2.61. The first kappa shape index (κ1) is 30.7. The Morgan fingerprint density at radius 1 is 0.844 bits per heavy atom. The van der Waals surface area contributed by atoms with Crippen molar-refractivity contribution in [2.24, 2.45) is 5.92 Å². The highest BCUT2D eigenvalue weighted by atomic mass is 32.2. The van der Waals surface area contributed by atoms with Gasteiger partial charge in [-0.2, -0.15) is 16.8 Å². The Balaban J connectivity index is 1.15. The molecule has 2 aliphatic heterocycles. The molecule has 4 aromatic rings. The second-order valence-corrected chi connectivity index (χ2v) is 13.9. The van der Waals surface area contributed by atoms with E-state index in [1.165, 1.54) is 12.1 Å². The lowest BCUT2D eigenvalue weighted by Crippen LogP contribution is -2.30. The fraction of sp³-hybridized carbons (Fsp3) is 0.226. The van der Waals surface area contributed by atoms with Crippen LogP contribution >= 0.6 is 0 Å². The number of nitrogens with zero attached hydrogens (tertiary/aromatic N) is 1. The normalized spacial score (nSPS) is 16.5. The summed E-state index contributed by atoms with van der Waals surface area (Å²) in [5.74, 6) is 0.136. The van der Waals surface area contributed by atoms with Crippen LogP contribution in [0.5, 0.6) is 0 Å². The molecule has 2 heterocycles. The largest absolute Gasteiger partial charge is 0.381 e. The number of fused-ring (bicyclic) bond motifs is 2. The van der Waals surface area contributed by atoms with E-state index in [4.69, 9.17) is 4.74 Å². The second kappa shape index (κ2) is 11.9. The number of rotatable bonds is 7. The predicted molar refractivity (Wildman–Crippen MR) is 165 cm³/mol. The Morgan fingerprint density at radius 2 is 1.56 bits per heavy atom. The topological polar surface area (TPSA) is 179 Å². The molecule has 234 valence electrons. The van der Waals surface area contributed by atoms with Gasteiger partial charge in [0.15, 0.2) is 0 Å². The van der Waals surface area contributed by atoms with Gasteiger partial charge in [-0.1, -0.05) is 24.3 Å². The summed E-state index contributed by atoms with van der Waals surface area (Å²) >= 11 is 0. The highest BCUT2D eigenvalue weighted by molar-refractivity contribution is 7.86. The molecule has 14 heteroatoms. The molecule has 2 aliphatic rings. The first-order chi connectivity index (χ1) is 21.3. The van der Waals surface area contributed by atoms with E-state index >= 15 is 0 Å². The molecule has 6 rings (SSSR count). The Bertz CT molecular complexity index is 2040. The summed E-state index contributed by atoms with van der Waals surface area (Å²) in [4.78, 5) is 25.9. The van der Waals surface area contributed by atoms with Crippen molar-refractivity contribution >= 4 is 48.6 Å². The zero-order valence-corrected chi connectivity index (χ0v) is 25.4. The number of nitrogens with one attached hydrogen (secondary N) is 2. The molecule has 0 aliphatic carbocycles. The molecule has 1 atom stereocenters. The van der Waals surface area contributed by atoms with Crippen LogP contribution in [0.15, 0.2) is 82.6 Å². The molecular formula is C31H29N3O9S2. The van der Waals surface area contributed by atoms with Gasteiger partial charge in [0.25, 0.3) is 26.1 Å². The van der Waals surface area contributed by atoms with Gasteiger partial charge in [-0.25, -0.2) is 4.79 Å². The lowest BCUT2D eigenvalue weighted by molar-refractivity contribution is 0.0945. The number of benzene rings is 4. The Hall–Kier alpha value is -4.34. The van der Waals surface area contributed by atoms with E-state index in [1.54, 1.807) is 35.2 Å². The lowest BCUT2D eigenvalue weighted by atomic mass is 9.98.